The molecule has 0 fully saturated rings. The maximum atomic E-state index is 12.1. The van der Waals surface area contributed by atoms with E-state index in [1.165, 1.54) is 24.0 Å². The zero-order chi connectivity index (χ0) is 16.2. The van der Waals surface area contributed by atoms with Gasteiger partial charge in [-0.1, -0.05) is 11.6 Å². The van der Waals surface area contributed by atoms with E-state index < -0.39 is 16.9 Å². The number of likely N-dealkylation sites (N-methyl/N-ethyl adjacent to an activating group) is 1. The highest BCUT2D eigenvalue weighted by atomic mass is 35.5. The maximum absolute atomic E-state index is 12.1. The second-order valence-electron chi connectivity index (χ2n) is 4.47. The van der Waals surface area contributed by atoms with Gasteiger partial charge in [0.1, 0.15) is 11.6 Å². The number of nitro groups is 1. The predicted octanol–water partition coefficient (Wildman–Crippen LogP) is 1.84. The average molecular weight is 314 g/mol. The molecule has 1 unspecified atom stereocenters. The summed E-state index contributed by atoms with van der Waals surface area (Å²) in [6.07, 6.45) is 0. The molecule has 21 heavy (non-hydrogen) atoms. The number of amides is 2. The number of carbonyl (C=O) groups excluding carboxylic acids is 2. The molecule has 0 bridgehead atoms. The highest BCUT2D eigenvalue weighted by molar-refractivity contribution is 6.31. The number of halogens is 1. The van der Waals surface area contributed by atoms with Gasteiger partial charge in [0.2, 0.25) is 5.91 Å². The molecule has 0 aromatic heterocycles. The molecule has 0 heterocycles. The fourth-order valence-corrected chi connectivity index (χ4v) is 1.84. The summed E-state index contributed by atoms with van der Waals surface area (Å²) in [5.41, 5.74) is -0.535. The Morgan fingerprint density at radius 1 is 1.48 bits per heavy atom. The number of hydrogen-bond donors (Lipinski definition) is 1. The van der Waals surface area contributed by atoms with Crippen molar-refractivity contribution in [3.05, 3.63) is 38.9 Å². The van der Waals surface area contributed by atoms with Gasteiger partial charge in [0.25, 0.3) is 11.6 Å². The molecule has 0 radical (unpaired) electrons. The van der Waals surface area contributed by atoms with Crippen molar-refractivity contribution >= 4 is 29.1 Å². The summed E-state index contributed by atoms with van der Waals surface area (Å²) in [6.45, 7) is 3.81. The van der Waals surface area contributed by atoms with Crippen LogP contribution < -0.4 is 5.32 Å². The van der Waals surface area contributed by atoms with Crippen LogP contribution in [-0.4, -0.2) is 41.3 Å². The van der Waals surface area contributed by atoms with Crippen LogP contribution in [0.5, 0.6) is 0 Å². The fourth-order valence-electron chi connectivity index (χ4n) is 1.67. The minimum Gasteiger partial charge on any atom is -0.344 e. The van der Waals surface area contributed by atoms with Crippen LogP contribution in [0.2, 0.25) is 5.02 Å². The summed E-state index contributed by atoms with van der Waals surface area (Å²) in [6, 6.07) is 2.90. The van der Waals surface area contributed by atoms with Crippen LogP contribution in [0.15, 0.2) is 18.2 Å². The SMILES string of the molecule is CCN(C)C(=O)C(C)NC(=O)c1cc(Cl)ccc1[N+](=O)[O-]. The lowest BCUT2D eigenvalue weighted by Crippen LogP contribution is -2.45. The average Bonchev–Trinajstić information content (AvgIpc) is 2.44. The van der Waals surface area contributed by atoms with Gasteiger partial charge in [-0.3, -0.25) is 19.7 Å². The van der Waals surface area contributed by atoms with Gasteiger partial charge in [-0.15, -0.1) is 0 Å². The quantitative estimate of drug-likeness (QED) is 0.663. The van der Waals surface area contributed by atoms with E-state index in [1.807, 2.05) is 0 Å². The molecule has 1 rings (SSSR count). The van der Waals surface area contributed by atoms with Crippen LogP contribution in [-0.2, 0) is 4.79 Å². The molecule has 1 aromatic carbocycles. The van der Waals surface area contributed by atoms with E-state index in [4.69, 9.17) is 11.6 Å². The molecule has 0 saturated heterocycles. The first-order valence-corrected chi connectivity index (χ1v) is 6.65. The summed E-state index contributed by atoms with van der Waals surface area (Å²) in [4.78, 5) is 35.7. The third kappa shape index (κ3) is 4.16. The van der Waals surface area contributed by atoms with E-state index in [-0.39, 0.29) is 22.2 Å². The Labute approximate surface area is 127 Å². The molecule has 1 N–H and O–H groups in total. The first-order valence-electron chi connectivity index (χ1n) is 6.27. The number of nitrogens with zero attached hydrogens (tertiary/aromatic N) is 2. The number of hydrogen-bond acceptors (Lipinski definition) is 4. The monoisotopic (exact) mass is 313 g/mol. The molecule has 1 aromatic rings. The lowest BCUT2D eigenvalue weighted by atomic mass is 10.1. The molecular formula is C13H16ClN3O4. The number of nitro benzene ring substituents is 1. The normalized spacial score (nSPS) is 11.6. The van der Waals surface area contributed by atoms with Gasteiger partial charge in [0.15, 0.2) is 0 Å². The lowest BCUT2D eigenvalue weighted by molar-refractivity contribution is -0.385. The van der Waals surface area contributed by atoms with Crippen LogP contribution in [0, 0.1) is 10.1 Å². The molecule has 0 aliphatic carbocycles. The standard InChI is InChI=1S/C13H16ClN3O4/c1-4-16(3)13(19)8(2)15-12(18)10-7-9(14)5-6-11(10)17(20)21/h5-8H,4H2,1-3H3,(H,15,18). The van der Waals surface area contributed by atoms with Crippen molar-refractivity contribution in [3.63, 3.8) is 0 Å². The van der Waals surface area contributed by atoms with E-state index in [2.05, 4.69) is 5.32 Å². The first kappa shape index (κ1) is 16.9. The summed E-state index contributed by atoms with van der Waals surface area (Å²) in [5.74, 6) is -0.995. The van der Waals surface area contributed by atoms with Crippen molar-refractivity contribution in [1.29, 1.82) is 0 Å². The van der Waals surface area contributed by atoms with Crippen molar-refractivity contribution in [3.8, 4) is 0 Å². The zero-order valence-electron chi connectivity index (χ0n) is 11.9. The number of nitrogens with one attached hydrogen (secondary N) is 1. The largest absolute Gasteiger partial charge is 0.344 e. The van der Waals surface area contributed by atoms with Gasteiger partial charge >= 0.3 is 0 Å². The summed E-state index contributed by atoms with van der Waals surface area (Å²) >= 11 is 5.76. The van der Waals surface area contributed by atoms with Crippen molar-refractivity contribution in [1.82, 2.24) is 10.2 Å². The third-order valence-electron chi connectivity index (χ3n) is 2.97. The van der Waals surface area contributed by atoms with Gasteiger partial charge < -0.3 is 10.2 Å². The molecule has 0 aliphatic rings. The Kier molecular flexibility index (Phi) is 5.66. The Balaban J connectivity index is 2.97. The highest BCUT2D eigenvalue weighted by Gasteiger charge is 2.24. The zero-order valence-corrected chi connectivity index (χ0v) is 12.7. The van der Waals surface area contributed by atoms with Crippen LogP contribution >= 0.6 is 11.6 Å². The molecule has 0 aliphatic heterocycles. The predicted molar refractivity (Wildman–Crippen MR) is 78.3 cm³/mol. The minimum absolute atomic E-state index is 0.175. The number of benzene rings is 1. The molecule has 0 saturated carbocycles. The van der Waals surface area contributed by atoms with Gasteiger partial charge in [-0.25, -0.2) is 0 Å². The van der Waals surface area contributed by atoms with E-state index >= 15 is 0 Å². The smallest absolute Gasteiger partial charge is 0.282 e. The Morgan fingerprint density at radius 3 is 2.62 bits per heavy atom. The molecule has 1 atom stereocenters. The molecular weight excluding hydrogens is 298 g/mol. The molecule has 8 heteroatoms. The summed E-state index contributed by atoms with van der Waals surface area (Å²) in [7, 11) is 1.60. The van der Waals surface area contributed by atoms with Crippen molar-refractivity contribution in [2.45, 2.75) is 19.9 Å². The Morgan fingerprint density at radius 2 is 2.10 bits per heavy atom. The molecule has 2 amide bonds. The van der Waals surface area contributed by atoms with E-state index in [0.717, 1.165) is 6.07 Å². The summed E-state index contributed by atoms with van der Waals surface area (Å²) < 4.78 is 0. The molecule has 114 valence electrons. The second kappa shape index (κ2) is 7.03. The topological polar surface area (TPSA) is 92.6 Å². The molecule has 0 spiro atoms. The Hall–Kier alpha value is -2.15. The van der Waals surface area contributed by atoms with E-state index in [9.17, 15) is 19.7 Å². The van der Waals surface area contributed by atoms with Crippen LogP contribution in [0.25, 0.3) is 0 Å². The maximum Gasteiger partial charge on any atom is 0.282 e. The van der Waals surface area contributed by atoms with Crippen LogP contribution in [0.4, 0.5) is 5.69 Å². The molecule has 7 nitrogen and oxygen atoms in total. The summed E-state index contributed by atoms with van der Waals surface area (Å²) in [5, 5.41) is 13.6. The number of rotatable bonds is 5. The first-order chi connectivity index (χ1) is 9.77. The minimum atomic E-state index is -0.791. The van der Waals surface area contributed by atoms with Gasteiger partial charge in [-0.2, -0.15) is 0 Å². The van der Waals surface area contributed by atoms with Crippen LogP contribution in [0.3, 0.4) is 0 Å². The third-order valence-corrected chi connectivity index (χ3v) is 3.20. The number of carbonyl (C=O) groups is 2. The van der Waals surface area contributed by atoms with Crippen molar-refractivity contribution in [2.24, 2.45) is 0 Å². The van der Waals surface area contributed by atoms with Crippen LogP contribution in [0.1, 0.15) is 24.2 Å². The second-order valence-corrected chi connectivity index (χ2v) is 4.90. The van der Waals surface area contributed by atoms with Crippen molar-refractivity contribution < 1.29 is 14.5 Å². The van der Waals surface area contributed by atoms with Crippen molar-refractivity contribution in [2.75, 3.05) is 13.6 Å². The van der Waals surface area contributed by atoms with Gasteiger partial charge in [0.05, 0.1) is 4.92 Å². The van der Waals surface area contributed by atoms with Gasteiger partial charge in [0, 0.05) is 24.7 Å². The lowest BCUT2D eigenvalue weighted by Gasteiger charge is -2.20. The van der Waals surface area contributed by atoms with E-state index in [1.54, 1.807) is 14.0 Å². The van der Waals surface area contributed by atoms with Gasteiger partial charge in [-0.05, 0) is 26.0 Å². The fraction of sp³-hybridized carbons (Fsp3) is 0.385. The Bertz CT molecular complexity index is 577. The van der Waals surface area contributed by atoms with E-state index in [0.29, 0.717) is 6.54 Å². The highest BCUT2D eigenvalue weighted by Crippen LogP contribution is 2.22.